The lowest BCUT2D eigenvalue weighted by molar-refractivity contribution is -0.575. The molecule has 0 amide bonds. The SMILES string of the molecule is CCCCn1[c-][n+]2c3c(cccc31)C(C)(C)c1c-2ccc2ccccc12. The fourth-order valence-corrected chi connectivity index (χ4v) is 4.61. The first-order chi connectivity index (χ1) is 12.6. The van der Waals surface area contributed by atoms with Crippen molar-refractivity contribution in [3.05, 3.63) is 72.1 Å². The van der Waals surface area contributed by atoms with E-state index in [4.69, 9.17) is 0 Å². The van der Waals surface area contributed by atoms with E-state index in [1.807, 2.05) is 0 Å². The van der Waals surface area contributed by atoms with Crippen molar-refractivity contribution in [3.63, 3.8) is 0 Å². The van der Waals surface area contributed by atoms with E-state index in [1.54, 1.807) is 0 Å². The Morgan fingerprint density at radius 2 is 1.85 bits per heavy atom. The summed E-state index contributed by atoms with van der Waals surface area (Å²) in [5.41, 5.74) is 6.64. The Morgan fingerprint density at radius 3 is 2.69 bits per heavy atom. The molecule has 0 saturated carbocycles. The number of aromatic nitrogens is 2. The Morgan fingerprint density at radius 1 is 1.00 bits per heavy atom. The predicted molar refractivity (Wildman–Crippen MR) is 107 cm³/mol. The summed E-state index contributed by atoms with van der Waals surface area (Å²) < 4.78 is 4.61. The van der Waals surface area contributed by atoms with Gasteiger partial charge in [-0.15, -0.1) is 0 Å². The lowest BCUT2D eigenvalue weighted by Crippen LogP contribution is -2.41. The number of nitrogens with zero attached hydrogens (tertiary/aromatic N) is 2. The molecular formula is C24H24N2. The Bertz CT molecular complexity index is 1150. The largest absolute Gasteiger partial charge is 0.319 e. The normalized spacial score (nSPS) is 14.7. The quantitative estimate of drug-likeness (QED) is 0.353. The number of imidazole rings is 1. The van der Waals surface area contributed by atoms with Gasteiger partial charge in [0.2, 0.25) is 6.33 Å². The Kier molecular flexibility index (Phi) is 3.27. The molecular weight excluding hydrogens is 316 g/mol. The standard InChI is InChI=1S/C24H24N2/c1-4-5-15-25-16-26-20-14-13-17-9-6-7-10-18(17)22(20)24(2,3)19-11-8-12-21(25)23(19)26/h6-14H,4-5,15H2,1-3H3. The topological polar surface area (TPSA) is 8.81 Å². The molecule has 0 N–H and O–H groups in total. The lowest BCUT2D eigenvalue weighted by Gasteiger charge is -2.36. The number of unbranched alkanes of at least 4 members (excludes halogenated alkanes) is 1. The Balaban J connectivity index is 1.91. The third-order valence-corrected chi connectivity index (χ3v) is 5.93. The number of para-hydroxylation sites is 1. The molecule has 0 radical (unpaired) electrons. The number of hydrogen-bond acceptors (Lipinski definition) is 0. The van der Waals surface area contributed by atoms with Crippen LogP contribution >= 0.6 is 0 Å². The molecule has 130 valence electrons. The molecule has 0 spiro atoms. The zero-order chi connectivity index (χ0) is 17.9. The highest BCUT2D eigenvalue weighted by Gasteiger charge is 2.34. The van der Waals surface area contributed by atoms with E-state index in [0.29, 0.717) is 0 Å². The van der Waals surface area contributed by atoms with Crippen LogP contribution in [0.5, 0.6) is 0 Å². The highest BCUT2D eigenvalue weighted by Crippen LogP contribution is 2.43. The van der Waals surface area contributed by atoms with E-state index in [2.05, 4.69) is 90.8 Å². The molecule has 0 fully saturated rings. The summed E-state index contributed by atoms with van der Waals surface area (Å²) in [6.45, 7) is 7.99. The molecule has 0 unspecified atom stereocenters. The Hall–Kier alpha value is -2.61. The van der Waals surface area contributed by atoms with Gasteiger partial charge in [-0.05, 0) is 28.3 Å². The summed E-state index contributed by atoms with van der Waals surface area (Å²) in [5.74, 6) is 0. The van der Waals surface area contributed by atoms with Crippen LogP contribution in [0.4, 0.5) is 0 Å². The zero-order valence-electron chi connectivity index (χ0n) is 15.7. The van der Waals surface area contributed by atoms with Crippen molar-refractivity contribution in [1.29, 1.82) is 0 Å². The van der Waals surface area contributed by atoms with Crippen LogP contribution in [0, 0.1) is 6.33 Å². The maximum Gasteiger partial charge on any atom is 0.244 e. The van der Waals surface area contributed by atoms with Crippen LogP contribution in [0.3, 0.4) is 0 Å². The summed E-state index contributed by atoms with van der Waals surface area (Å²) in [7, 11) is 0. The summed E-state index contributed by atoms with van der Waals surface area (Å²) in [6.07, 6.45) is 6.03. The molecule has 3 aromatic carbocycles. The van der Waals surface area contributed by atoms with Crippen LogP contribution in [0.15, 0.2) is 54.6 Å². The van der Waals surface area contributed by atoms with Crippen LogP contribution in [-0.4, -0.2) is 4.57 Å². The molecule has 1 aromatic heterocycles. The first kappa shape index (κ1) is 15.6. The van der Waals surface area contributed by atoms with Gasteiger partial charge in [-0.2, -0.15) is 0 Å². The number of benzene rings is 3. The molecule has 4 aromatic rings. The van der Waals surface area contributed by atoms with Gasteiger partial charge in [-0.3, -0.25) is 0 Å². The van der Waals surface area contributed by atoms with Crippen molar-refractivity contribution < 1.29 is 4.57 Å². The van der Waals surface area contributed by atoms with Crippen molar-refractivity contribution in [1.82, 2.24) is 4.57 Å². The van der Waals surface area contributed by atoms with Gasteiger partial charge < -0.3 is 9.13 Å². The predicted octanol–water partition coefficient (Wildman–Crippen LogP) is 5.31. The number of hydrogen-bond donors (Lipinski definition) is 0. The van der Waals surface area contributed by atoms with Crippen LogP contribution < -0.4 is 4.57 Å². The minimum Gasteiger partial charge on any atom is -0.319 e. The summed E-state index contributed by atoms with van der Waals surface area (Å²) in [6, 6.07) is 20.0. The van der Waals surface area contributed by atoms with Crippen molar-refractivity contribution in [2.24, 2.45) is 0 Å². The van der Waals surface area contributed by atoms with E-state index in [9.17, 15) is 0 Å². The third kappa shape index (κ3) is 1.96. The van der Waals surface area contributed by atoms with Gasteiger partial charge >= 0.3 is 0 Å². The zero-order valence-corrected chi connectivity index (χ0v) is 15.7. The van der Waals surface area contributed by atoms with E-state index in [0.717, 1.165) is 6.54 Å². The van der Waals surface area contributed by atoms with Gasteiger partial charge in [0.25, 0.3) is 0 Å². The second kappa shape index (κ2) is 5.44. The van der Waals surface area contributed by atoms with Crippen molar-refractivity contribution in [2.75, 3.05) is 0 Å². The van der Waals surface area contributed by atoms with Crippen molar-refractivity contribution >= 4 is 21.8 Å². The molecule has 0 bridgehead atoms. The summed E-state index contributed by atoms with van der Waals surface area (Å²) >= 11 is 0. The van der Waals surface area contributed by atoms with Gasteiger partial charge in [0, 0.05) is 5.41 Å². The molecule has 26 heavy (non-hydrogen) atoms. The second-order valence-corrected chi connectivity index (χ2v) is 7.92. The molecule has 2 heteroatoms. The van der Waals surface area contributed by atoms with E-state index >= 15 is 0 Å². The van der Waals surface area contributed by atoms with Gasteiger partial charge in [0.15, 0.2) is 0 Å². The molecule has 1 aliphatic rings. The molecule has 1 aliphatic heterocycles. The van der Waals surface area contributed by atoms with E-state index in [-0.39, 0.29) is 5.41 Å². The van der Waals surface area contributed by atoms with Crippen LogP contribution in [0.2, 0.25) is 0 Å². The average molecular weight is 340 g/mol. The first-order valence-electron chi connectivity index (χ1n) is 9.62. The minimum absolute atomic E-state index is 0.0412. The molecule has 2 nitrogen and oxygen atoms in total. The van der Waals surface area contributed by atoms with Gasteiger partial charge in [0.1, 0.15) is 0 Å². The van der Waals surface area contributed by atoms with Crippen LogP contribution in [0.25, 0.3) is 27.5 Å². The highest BCUT2D eigenvalue weighted by molar-refractivity contribution is 5.92. The molecule has 0 saturated heterocycles. The Labute approximate surface area is 154 Å². The van der Waals surface area contributed by atoms with Crippen LogP contribution in [-0.2, 0) is 12.0 Å². The maximum absolute atomic E-state index is 3.66. The monoisotopic (exact) mass is 340 g/mol. The smallest absolute Gasteiger partial charge is 0.244 e. The third-order valence-electron chi connectivity index (χ3n) is 5.93. The van der Waals surface area contributed by atoms with Gasteiger partial charge in [-0.25, -0.2) is 0 Å². The average Bonchev–Trinajstić information content (AvgIpc) is 3.03. The van der Waals surface area contributed by atoms with Crippen LogP contribution in [0.1, 0.15) is 44.7 Å². The van der Waals surface area contributed by atoms with E-state index < -0.39 is 0 Å². The first-order valence-corrected chi connectivity index (χ1v) is 9.62. The van der Waals surface area contributed by atoms with Crippen molar-refractivity contribution in [3.8, 4) is 5.69 Å². The fraction of sp³-hybridized carbons (Fsp3) is 0.292. The minimum atomic E-state index is -0.0412. The van der Waals surface area contributed by atoms with Crippen molar-refractivity contribution in [2.45, 2.75) is 45.6 Å². The van der Waals surface area contributed by atoms with Gasteiger partial charge in [0.05, 0.1) is 23.3 Å². The lowest BCUT2D eigenvalue weighted by atomic mass is 9.73. The molecule has 5 rings (SSSR count). The van der Waals surface area contributed by atoms with E-state index in [1.165, 1.54) is 51.5 Å². The molecule has 2 heterocycles. The molecule has 0 aliphatic carbocycles. The van der Waals surface area contributed by atoms with Gasteiger partial charge in [-0.1, -0.05) is 81.8 Å². The number of rotatable bonds is 3. The number of aryl methyl sites for hydroxylation is 1. The summed E-state index contributed by atoms with van der Waals surface area (Å²) in [4.78, 5) is 0. The molecule has 0 atom stereocenters. The highest BCUT2D eigenvalue weighted by atomic mass is 15.1. The number of fused-ring (bicyclic) bond motifs is 4. The second-order valence-electron chi connectivity index (χ2n) is 7.92. The fourth-order valence-electron chi connectivity index (χ4n) is 4.61. The maximum atomic E-state index is 3.66. The summed E-state index contributed by atoms with van der Waals surface area (Å²) in [5, 5.41) is 2.65.